The predicted molar refractivity (Wildman–Crippen MR) is 67.8 cm³/mol. The van der Waals surface area contributed by atoms with Crippen LogP contribution >= 0.6 is 0 Å². The first-order valence-corrected chi connectivity index (χ1v) is 5.58. The fourth-order valence-electron chi connectivity index (χ4n) is 1.52. The average Bonchev–Trinajstić information content (AvgIpc) is 2.78. The summed E-state index contributed by atoms with van der Waals surface area (Å²) in [4.78, 5) is 15.7. The number of nitrogens with two attached hydrogens (primary N) is 1. The molecular weight excluding hydrogens is 228 g/mol. The third-order valence-electron chi connectivity index (χ3n) is 2.32. The molecule has 0 radical (unpaired) electrons. The highest BCUT2D eigenvalue weighted by molar-refractivity contribution is 5.89. The molecule has 1 aromatic heterocycles. The minimum atomic E-state index is -0.290. The van der Waals surface area contributed by atoms with Crippen LogP contribution in [0, 0.1) is 0 Å². The quantitative estimate of drug-likeness (QED) is 0.825. The molecule has 2 aromatic rings. The number of carbonyl (C=O) groups excluding carboxylic acids is 1. The highest BCUT2D eigenvalue weighted by atomic mass is 16.2. The van der Waals surface area contributed by atoms with E-state index in [-0.39, 0.29) is 5.91 Å². The van der Waals surface area contributed by atoms with Crippen LogP contribution in [0.3, 0.4) is 0 Å². The molecule has 0 saturated heterocycles. The van der Waals surface area contributed by atoms with Crippen LogP contribution in [0.5, 0.6) is 0 Å². The second-order valence-electron chi connectivity index (χ2n) is 3.99. The van der Waals surface area contributed by atoms with Gasteiger partial charge in [0.1, 0.15) is 6.33 Å². The highest BCUT2D eigenvalue weighted by Crippen LogP contribution is 2.04. The zero-order chi connectivity index (χ0) is 13.0. The summed E-state index contributed by atoms with van der Waals surface area (Å²) in [6.45, 7) is 1.65. The van der Waals surface area contributed by atoms with Gasteiger partial charge in [-0.2, -0.15) is 4.68 Å². The van der Waals surface area contributed by atoms with Crippen molar-refractivity contribution in [2.24, 2.45) is 5.73 Å². The van der Waals surface area contributed by atoms with Gasteiger partial charge in [-0.3, -0.25) is 4.79 Å². The van der Waals surface area contributed by atoms with E-state index in [4.69, 9.17) is 5.73 Å². The van der Waals surface area contributed by atoms with E-state index in [9.17, 15) is 4.79 Å². The van der Waals surface area contributed by atoms with E-state index in [0.29, 0.717) is 17.9 Å². The molecule has 0 fully saturated rings. The summed E-state index contributed by atoms with van der Waals surface area (Å²) in [5.74, 6) is 0.319. The van der Waals surface area contributed by atoms with Gasteiger partial charge < -0.3 is 5.73 Å². The summed E-state index contributed by atoms with van der Waals surface area (Å²) >= 11 is 0. The van der Waals surface area contributed by atoms with Gasteiger partial charge in [-0.15, -0.1) is 5.10 Å². The van der Waals surface area contributed by atoms with Crippen LogP contribution in [-0.4, -0.2) is 20.7 Å². The van der Waals surface area contributed by atoms with Gasteiger partial charge in [0.25, 0.3) is 5.91 Å². The Kier molecular flexibility index (Phi) is 3.52. The summed E-state index contributed by atoms with van der Waals surface area (Å²) in [6.07, 6.45) is 3.33. The normalized spacial score (nSPS) is 11.5. The molecule has 18 heavy (non-hydrogen) atoms. The zero-order valence-electron chi connectivity index (χ0n) is 10.1. The highest BCUT2D eigenvalue weighted by Gasteiger charge is 2.06. The van der Waals surface area contributed by atoms with Crippen LogP contribution in [0.2, 0.25) is 0 Å². The summed E-state index contributed by atoms with van der Waals surface area (Å²) in [6, 6.07) is 9.85. The molecule has 92 valence electrons. The van der Waals surface area contributed by atoms with E-state index in [0.717, 1.165) is 5.56 Å². The Balaban J connectivity index is 2.12. The van der Waals surface area contributed by atoms with Crippen molar-refractivity contribution in [1.82, 2.24) is 14.8 Å². The molecule has 0 spiro atoms. The van der Waals surface area contributed by atoms with Gasteiger partial charge >= 0.3 is 0 Å². The van der Waals surface area contributed by atoms with Gasteiger partial charge in [-0.1, -0.05) is 30.3 Å². The lowest BCUT2D eigenvalue weighted by molar-refractivity contribution is 0.0952. The van der Waals surface area contributed by atoms with Crippen molar-refractivity contribution in [3.8, 4) is 0 Å². The Morgan fingerprint density at radius 3 is 2.78 bits per heavy atom. The van der Waals surface area contributed by atoms with Crippen molar-refractivity contribution < 1.29 is 4.79 Å². The minimum absolute atomic E-state index is 0.290. The second kappa shape index (κ2) is 5.27. The average molecular weight is 242 g/mol. The fraction of sp³-hybridized carbons (Fsp3) is 0.154. The Bertz CT molecular complexity index is 568. The van der Waals surface area contributed by atoms with Crippen molar-refractivity contribution in [2.75, 3.05) is 0 Å². The standard InChI is InChI=1S/C13H14N4O/c1-10(14)7-13(18)17-9-15-12(16-17)8-11-5-3-2-4-6-11/h2-7,9H,8,14H2,1H3/b10-7-. The van der Waals surface area contributed by atoms with E-state index >= 15 is 0 Å². The molecule has 1 aromatic carbocycles. The number of benzene rings is 1. The Hall–Kier alpha value is -2.43. The summed E-state index contributed by atoms with van der Waals surface area (Å²) in [7, 11) is 0. The predicted octanol–water partition coefficient (Wildman–Crippen LogP) is 1.37. The zero-order valence-corrected chi connectivity index (χ0v) is 10.1. The molecule has 0 bridgehead atoms. The maximum Gasteiger partial charge on any atom is 0.274 e. The van der Waals surface area contributed by atoms with Gasteiger partial charge in [0.05, 0.1) is 0 Å². The molecule has 0 saturated carbocycles. The first-order valence-electron chi connectivity index (χ1n) is 5.58. The molecule has 5 nitrogen and oxygen atoms in total. The number of nitrogens with zero attached hydrogens (tertiary/aromatic N) is 3. The maximum absolute atomic E-state index is 11.6. The Labute approximate surface area is 105 Å². The second-order valence-corrected chi connectivity index (χ2v) is 3.99. The summed E-state index contributed by atoms with van der Waals surface area (Å²) in [5.41, 5.74) is 6.99. The lowest BCUT2D eigenvalue weighted by Crippen LogP contribution is -2.10. The minimum Gasteiger partial charge on any atom is -0.402 e. The fourth-order valence-corrected chi connectivity index (χ4v) is 1.52. The van der Waals surface area contributed by atoms with Crippen molar-refractivity contribution in [1.29, 1.82) is 0 Å². The van der Waals surface area contributed by atoms with Gasteiger partial charge in [0.2, 0.25) is 0 Å². The molecule has 2 N–H and O–H groups in total. The molecule has 0 aliphatic rings. The smallest absolute Gasteiger partial charge is 0.274 e. The third kappa shape index (κ3) is 3.04. The topological polar surface area (TPSA) is 73.8 Å². The lowest BCUT2D eigenvalue weighted by Gasteiger charge is -1.96. The Morgan fingerprint density at radius 1 is 1.39 bits per heavy atom. The SMILES string of the molecule is C/C(N)=C/C(=O)n1cnc(Cc2ccccc2)n1. The van der Waals surface area contributed by atoms with Crippen LogP contribution < -0.4 is 5.73 Å². The van der Waals surface area contributed by atoms with Crippen molar-refractivity contribution >= 4 is 5.91 Å². The van der Waals surface area contributed by atoms with Crippen LogP contribution in [0.4, 0.5) is 0 Å². The Morgan fingerprint density at radius 2 is 2.11 bits per heavy atom. The molecule has 2 rings (SSSR count). The molecule has 1 heterocycles. The molecule has 0 aliphatic carbocycles. The first-order chi connectivity index (χ1) is 8.65. The maximum atomic E-state index is 11.6. The van der Waals surface area contributed by atoms with Crippen LogP contribution in [-0.2, 0) is 6.42 Å². The number of carbonyl (C=O) groups is 1. The number of hydrogen-bond acceptors (Lipinski definition) is 4. The monoisotopic (exact) mass is 242 g/mol. The first kappa shape index (κ1) is 12.0. The van der Waals surface area contributed by atoms with Crippen molar-refractivity contribution in [2.45, 2.75) is 13.3 Å². The lowest BCUT2D eigenvalue weighted by atomic mass is 10.1. The van der Waals surface area contributed by atoms with Crippen LogP contribution in [0.15, 0.2) is 48.4 Å². The van der Waals surface area contributed by atoms with E-state index in [1.54, 1.807) is 6.92 Å². The molecule has 0 atom stereocenters. The van der Waals surface area contributed by atoms with Gasteiger partial charge in [0.15, 0.2) is 5.82 Å². The largest absolute Gasteiger partial charge is 0.402 e. The van der Waals surface area contributed by atoms with Gasteiger partial charge in [-0.05, 0) is 12.5 Å². The molecule has 0 amide bonds. The van der Waals surface area contributed by atoms with E-state index in [2.05, 4.69) is 10.1 Å². The number of rotatable bonds is 3. The van der Waals surface area contributed by atoms with Crippen LogP contribution in [0.25, 0.3) is 0 Å². The van der Waals surface area contributed by atoms with Crippen molar-refractivity contribution in [3.63, 3.8) is 0 Å². The summed E-state index contributed by atoms with van der Waals surface area (Å²) < 4.78 is 1.19. The van der Waals surface area contributed by atoms with E-state index < -0.39 is 0 Å². The molecular formula is C13H14N4O. The third-order valence-corrected chi connectivity index (χ3v) is 2.32. The number of hydrogen-bond donors (Lipinski definition) is 1. The number of allylic oxidation sites excluding steroid dienone is 2. The summed E-state index contributed by atoms with van der Waals surface area (Å²) in [5, 5.41) is 4.11. The van der Waals surface area contributed by atoms with Crippen LogP contribution in [0.1, 0.15) is 23.1 Å². The van der Waals surface area contributed by atoms with Crippen molar-refractivity contribution in [3.05, 3.63) is 59.8 Å². The van der Waals surface area contributed by atoms with Gasteiger partial charge in [-0.25, -0.2) is 4.98 Å². The number of aromatic nitrogens is 3. The van der Waals surface area contributed by atoms with Gasteiger partial charge in [0, 0.05) is 18.2 Å². The molecule has 0 unspecified atom stereocenters. The van der Waals surface area contributed by atoms with E-state index in [1.165, 1.54) is 17.1 Å². The molecule has 5 heteroatoms. The van der Waals surface area contributed by atoms with E-state index in [1.807, 2.05) is 30.3 Å². The molecule has 0 aliphatic heterocycles.